The molecule has 1 amide bonds. The van der Waals surface area contributed by atoms with Gasteiger partial charge in [-0.1, -0.05) is 30.3 Å². The molecule has 1 aliphatic heterocycles. The second kappa shape index (κ2) is 9.03. The molecule has 1 fully saturated rings. The molecule has 2 aromatic carbocycles. The third-order valence-electron chi connectivity index (χ3n) is 6.10. The molecule has 0 N–H and O–H groups in total. The summed E-state index contributed by atoms with van der Waals surface area (Å²) >= 11 is 0. The van der Waals surface area contributed by atoms with Gasteiger partial charge in [-0.15, -0.1) is 5.10 Å². The van der Waals surface area contributed by atoms with Crippen molar-refractivity contribution in [1.82, 2.24) is 30.0 Å². The first kappa shape index (κ1) is 23.1. The van der Waals surface area contributed by atoms with Gasteiger partial charge in [0.2, 0.25) is 5.91 Å². The van der Waals surface area contributed by atoms with Crippen molar-refractivity contribution < 1.29 is 13.2 Å². The van der Waals surface area contributed by atoms with E-state index in [4.69, 9.17) is 0 Å². The molecule has 0 bridgehead atoms. The Balaban J connectivity index is 1.39. The van der Waals surface area contributed by atoms with Crippen molar-refractivity contribution in [3.8, 4) is 5.69 Å². The lowest BCUT2D eigenvalue weighted by molar-refractivity contribution is -0.138. The van der Waals surface area contributed by atoms with Crippen molar-refractivity contribution in [3.63, 3.8) is 0 Å². The number of nitrogens with zero attached hydrogens (tertiary/aromatic N) is 6. The number of sulfone groups is 1. The highest BCUT2D eigenvalue weighted by molar-refractivity contribution is 7.90. The van der Waals surface area contributed by atoms with E-state index >= 15 is 0 Å². The molecule has 9 nitrogen and oxygen atoms in total. The highest BCUT2D eigenvalue weighted by Gasteiger charge is 2.35. The third-order valence-corrected chi connectivity index (χ3v) is 7.23. The van der Waals surface area contributed by atoms with E-state index < -0.39 is 15.3 Å². The van der Waals surface area contributed by atoms with Crippen LogP contribution in [0.4, 0.5) is 0 Å². The Morgan fingerprint density at radius 3 is 2.21 bits per heavy atom. The number of aromatic nitrogens is 4. The maximum Gasteiger partial charge on any atom is 0.232 e. The SMILES string of the molecule is CC(C)(C(=O)N1CCN(Cc2nnnn2-c2ccc(S(C)(=O)=O)cc2)CC1)c1ccccc1. The maximum atomic E-state index is 13.2. The fourth-order valence-corrected chi connectivity index (χ4v) is 4.65. The fourth-order valence-electron chi connectivity index (χ4n) is 4.02. The number of hydrogen-bond donors (Lipinski definition) is 0. The summed E-state index contributed by atoms with van der Waals surface area (Å²) in [4.78, 5) is 17.6. The van der Waals surface area contributed by atoms with Gasteiger partial charge in [0.15, 0.2) is 15.7 Å². The van der Waals surface area contributed by atoms with Gasteiger partial charge in [0.05, 0.1) is 22.5 Å². The van der Waals surface area contributed by atoms with Gasteiger partial charge in [-0.05, 0) is 54.1 Å². The standard InChI is InChI=1S/C23H28N6O3S/c1-23(2,18-7-5-4-6-8-18)22(30)28-15-13-27(14-16-28)17-21-24-25-26-29(21)19-9-11-20(12-10-19)33(3,31)32/h4-12H,13-17H2,1-3H3. The number of carbonyl (C=O) groups is 1. The van der Waals surface area contributed by atoms with Gasteiger partial charge in [-0.25, -0.2) is 8.42 Å². The van der Waals surface area contributed by atoms with E-state index in [0.717, 1.165) is 18.7 Å². The van der Waals surface area contributed by atoms with E-state index in [2.05, 4.69) is 20.4 Å². The minimum absolute atomic E-state index is 0.129. The highest BCUT2D eigenvalue weighted by atomic mass is 32.2. The Kier molecular flexibility index (Phi) is 6.31. The number of benzene rings is 2. The van der Waals surface area contributed by atoms with Gasteiger partial charge in [0, 0.05) is 32.4 Å². The number of hydrogen-bond acceptors (Lipinski definition) is 7. The van der Waals surface area contributed by atoms with E-state index in [1.54, 1.807) is 28.9 Å². The molecular formula is C23H28N6O3S. The molecular weight excluding hydrogens is 440 g/mol. The van der Waals surface area contributed by atoms with Gasteiger partial charge in [0.25, 0.3) is 0 Å². The Morgan fingerprint density at radius 2 is 1.61 bits per heavy atom. The van der Waals surface area contributed by atoms with E-state index in [9.17, 15) is 13.2 Å². The second-order valence-electron chi connectivity index (χ2n) is 8.83. The van der Waals surface area contributed by atoms with Crippen molar-refractivity contribution in [2.75, 3.05) is 32.4 Å². The van der Waals surface area contributed by atoms with Crippen LogP contribution in [0.1, 0.15) is 25.2 Å². The zero-order valence-electron chi connectivity index (χ0n) is 19.0. The van der Waals surface area contributed by atoms with Gasteiger partial charge in [-0.2, -0.15) is 4.68 Å². The Hall–Kier alpha value is -3.11. The molecule has 1 aliphatic rings. The predicted octanol–water partition coefficient (Wildman–Crippen LogP) is 1.69. The summed E-state index contributed by atoms with van der Waals surface area (Å²) in [6, 6.07) is 16.4. The predicted molar refractivity (Wildman–Crippen MR) is 124 cm³/mol. The topological polar surface area (TPSA) is 101 Å². The Labute approximate surface area is 193 Å². The van der Waals surface area contributed by atoms with Crippen LogP contribution >= 0.6 is 0 Å². The van der Waals surface area contributed by atoms with Crippen LogP contribution in [0.25, 0.3) is 5.69 Å². The van der Waals surface area contributed by atoms with Crippen LogP contribution in [0.2, 0.25) is 0 Å². The number of tetrazole rings is 1. The van der Waals surface area contributed by atoms with Gasteiger partial charge in [0.1, 0.15) is 0 Å². The average molecular weight is 469 g/mol. The summed E-state index contributed by atoms with van der Waals surface area (Å²) in [7, 11) is -3.26. The quantitative estimate of drug-likeness (QED) is 0.543. The molecule has 2 heterocycles. The molecule has 33 heavy (non-hydrogen) atoms. The maximum absolute atomic E-state index is 13.2. The van der Waals surface area contributed by atoms with Crippen molar-refractivity contribution in [3.05, 3.63) is 66.0 Å². The molecule has 0 radical (unpaired) electrons. The second-order valence-corrected chi connectivity index (χ2v) is 10.8. The summed E-state index contributed by atoms with van der Waals surface area (Å²) in [5.74, 6) is 0.788. The first-order chi connectivity index (χ1) is 15.7. The first-order valence-electron chi connectivity index (χ1n) is 10.8. The van der Waals surface area contributed by atoms with E-state index in [0.29, 0.717) is 31.1 Å². The lowest BCUT2D eigenvalue weighted by Gasteiger charge is -2.38. The van der Waals surface area contributed by atoms with Crippen molar-refractivity contribution in [2.24, 2.45) is 0 Å². The lowest BCUT2D eigenvalue weighted by atomic mass is 9.83. The minimum Gasteiger partial charge on any atom is -0.339 e. The average Bonchev–Trinajstić information content (AvgIpc) is 3.27. The zero-order chi connectivity index (χ0) is 23.6. The molecule has 0 aliphatic carbocycles. The minimum atomic E-state index is -3.26. The first-order valence-corrected chi connectivity index (χ1v) is 12.7. The van der Waals surface area contributed by atoms with E-state index in [-0.39, 0.29) is 10.8 Å². The molecule has 10 heteroatoms. The number of amides is 1. The summed E-state index contributed by atoms with van der Waals surface area (Å²) < 4.78 is 25.0. The van der Waals surface area contributed by atoms with Gasteiger partial charge < -0.3 is 4.90 Å². The van der Waals surface area contributed by atoms with Crippen LogP contribution in [0, 0.1) is 0 Å². The van der Waals surface area contributed by atoms with Crippen molar-refractivity contribution in [2.45, 2.75) is 30.7 Å². The van der Waals surface area contributed by atoms with Gasteiger partial charge in [-0.3, -0.25) is 9.69 Å². The molecule has 3 aromatic rings. The van der Waals surface area contributed by atoms with E-state index in [1.807, 2.05) is 49.1 Å². The van der Waals surface area contributed by atoms with Crippen LogP contribution in [0.3, 0.4) is 0 Å². The number of piperazine rings is 1. The third kappa shape index (κ3) is 4.96. The number of rotatable bonds is 6. The highest BCUT2D eigenvalue weighted by Crippen LogP contribution is 2.26. The summed E-state index contributed by atoms with van der Waals surface area (Å²) in [6.45, 7) is 7.19. The summed E-state index contributed by atoms with van der Waals surface area (Å²) in [5.41, 5.74) is 1.13. The Morgan fingerprint density at radius 1 is 0.970 bits per heavy atom. The molecule has 0 unspecified atom stereocenters. The summed E-state index contributed by atoms with van der Waals surface area (Å²) in [6.07, 6.45) is 1.18. The number of carbonyl (C=O) groups excluding carboxylic acids is 1. The van der Waals surface area contributed by atoms with Crippen LogP contribution in [-0.2, 0) is 26.6 Å². The van der Waals surface area contributed by atoms with Crippen LogP contribution in [-0.4, -0.2) is 76.8 Å². The molecule has 174 valence electrons. The molecule has 0 spiro atoms. The molecule has 0 saturated carbocycles. The Bertz CT molecular complexity index is 1210. The molecule has 1 aromatic heterocycles. The summed E-state index contributed by atoms with van der Waals surface area (Å²) in [5, 5.41) is 12.0. The molecule has 0 atom stereocenters. The zero-order valence-corrected chi connectivity index (χ0v) is 19.9. The van der Waals surface area contributed by atoms with Gasteiger partial charge >= 0.3 is 0 Å². The smallest absolute Gasteiger partial charge is 0.232 e. The van der Waals surface area contributed by atoms with Crippen molar-refractivity contribution >= 4 is 15.7 Å². The van der Waals surface area contributed by atoms with Crippen LogP contribution in [0.15, 0.2) is 59.5 Å². The molecule has 1 saturated heterocycles. The fraction of sp³-hybridized carbons (Fsp3) is 0.391. The molecule has 4 rings (SSSR count). The van der Waals surface area contributed by atoms with E-state index in [1.165, 1.54) is 6.26 Å². The van der Waals surface area contributed by atoms with Crippen molar-refractivity contribution in [1.29, 1.82) is 0 Å². The van der Waals surface area contributed by atoms with Crippen LogP contribution in [0.5, 0.6) is 0 Å². The normalized spacial score (nSPS) is 15.5. The van der Waals surface area contributed by atoms with Crippen LogP contribution < -0.4 is 0 Å². The lowest BCUT2D eigenvalue weighted by Crippen LogP contribution is -2.53. The monoisotopic (exact) mass is 468 g/mol. The largest absolute Gasteiger partial charge is 0.339 e.